The Morgan fingerprint density at radius 1 is 1.08 bits per heavy atom. The molecular formula is C30H29F2N3O3. The van der Waals surface area contributed by atoms with Gasteiger partial charge < -0.3 is 14.4 Å². The molecule has 0 spiro atoms. The molecule has 0 unspecified atom stereocenters. The molecule has 1 aliphatic heterocycles. The average molecular weight is 518 g/mol. The summed E-state index contributed by atoms with van der Waals surface area (Å²) in [4.78, 5) is 15.3. The van der Waals surface area contributed by atoms with Gasteiger partial charge in [0, 0.05) is 19.2 Å². The van der Waals surface area contributed by atoms with E-state index in [1.807, 2.05) is 37.3 Å². The molecule has 1 amide bonds. The first kappa shape index (κ1) is 25.6. The fraction of sp³-hybridized carbons (Fsp3) is 0.267. The number of benzene rings is 3. The molecule has 3 aromatic carbocycles. The number of rotatable bonds is 9. The van der Waals surface area contributed by atoms with Crippen LogP contribution < -0.4 is 4.74 Å². The lowest BCUT2D eigenvalue weighted by Crippen LogP contribution is -2.37. The number of aryl methyl sites for hydroxylation is 1. The molecule has 0 radical (unpaired) electrons. The lowest BCUT2D eigenvalue weighted by molar-refractivity contribution is 0.0502. The van der Waals surface area contributed by atoms with Crippen LogP contribution in [-0.2, 0) is 17.7 Å². The van der Waals surface area contributed by atoms with Gasteiger partial charge in [-0.15, -0.1) is 0 Å². The van der Waals surface area contributed by atoms with Crippen molar-refractivity contribution < 1.29 is 23.0 Å². The summed E-state index contributed by atoms with van der Waals surface area (Å²) in [7, 11) is 0. The number of ether oxygens (including phenoxy) is 2. The van der Waals surface area contributed by atoms with Gasteiger partial charge in [0.2, 0.25) is 5.88 Å². The molecule has 196 valence electrons. The molecule has 0 aliphatic carbocycles. The summed E-state index contributed by atoms with van der Waals surface area (Å²) < 4.78 is 42.4. The molecule has 5 rings (SSSR count). The molecule has 1 aliphatic rings. The van der Waals surface area contributed by atoms with Crippen molar-refractivity contribution in [2.24, 2.45) is 0 Å². The molecule has 0 bridgehead atoms. The second-order valence-electron chi connectivity index (χ2n) is 9.19. The van der Waals surface area contributed by atoms with E-state index in [1.54, 1.807) is 33.8 Å². The lowest BCUT2D eigenvalue weighted by Gasteiger charge is -2.26. The van der Waals surface area contributed by atoms with Gasteiger partial charge in [-0.3, -0.25) is 4.79 Å². The topological polar surface area (TPSA) is 56.6 Å². The molecule has 0 saturated carbocycles. The molecule has 4 aromatic rings. The molecule has 38 heavy (non-hydrogen) atoms. The first-order valence-electron chi connectivity index (χ1n) is 12.8. The Kier molecular flexibility index (Phi) is 7.79. The lowest BCUT2D eigenvalue weighted by atomic mass is 10.1. The minimum atomic E-state index is -0.582. The number of aromatic nitrogens is 2. The number of amides is 1. The number of hydrogen-bond acceptors (Lipinski definition) is 4. The Morgan fingerprint density at radius 3 is 2.58 bits per heavy atom. The number of para-hydroxylation sites is 1. The second kappa shape index (κ2) is 11.6. The fourth-order valence-corrected chi connectivity index (χ4v) is 4.66. The van der Waals surface area contributed by atoms with E-state index in [-0.39, 0.29) is 18.2 Å². The van der Waals surface area contributed by atoms with Crippen LogP contribution >= 0.6 is 0 Å². The summed E-state index contributed by atoms with van der Waals surface area (Å²) in [5.74, 6) is -0.777. The van der Waals surface area contributed by atoms with Crippen LogP contribution in [-0.4, -0.2) is 39.8 Å². The molecule has 1 atom stereocenters. The van der Waals surface area contributed by atoms with Crippen LogP contribution in [0.2, 0.25) is 0 Å². The van der Waals surface area contributed by atoms with Crippen molar-refractivity contribution in [3.63, 3.8) is 0 Å². The first-order valence-corrected chi connectivity index (χ1v) is 12.8. The SMILES string of the molecule is CCc1nn(-c2ccccc2)c(Oc2cccc(F)c2)c1CN(C[C@H]1CCCO1)C(=O)c1ccccc1F. The van der Waals surface area contributed by atoms with Crippen LogP contribution in [0.3, 0.4) is 0 Å². The quantitative estimate of drug-likeness (QED) is 0.261. The zero-order chi connectivity index (χ0) is 26.5. The summed E-state index contributed by atoms with van der Waals surface area (Å²) in [6, 6.07) is 21.3. The van der Waals surface area contributed by atoms with E-state index >= 15 is 0 Å². The molecular weight excluding hydrogens is 488 g/mol. The smallest absolute Gasteiger partial charge is 0.257 e. The van der Waals surface area contributed by atoms with E-state index in [1.165, 1.54) is 24.3 Å². The summed E-state index contributed by atoms with van der Waals surface area (Å²) in [5, 5.41) is 4.81. The third-order valence-corrected chi connectivity index (χ3v) is 6.55. The minimum absolute atomic E-state index is 0.00778. The van der Waals surface area contributed by atoms with Gasteiger partial charge in [-0.2, -0.15) is 5.10 Å². The van der Waals surface area contributed by atoms with Gasteiger partial charge in [-0.25, -0.2) is 13.5 Å². The van der Waals surface area contributed by atoms with Crippen LogP contribution in [0.15, 0.2) is 78.9 Å². The number of halogens is 2. The maximum atomic E-state index is 14.7. The van der Waals surface area contributed by atoms with Gasteiger partial charge in [-0.05, 0) is 55.7 Å². The zero-order valence-corrected chi connectivity index (χ0v) is 21.1. The Labute approximate surface area is 220 Å². The molecule has 2 heterocycles. The van der Waals surface area contributed by atoms with Gasteiger partial charge in [0.1, 0.15) is 17.4 Å². The molecule has 1 aromatic heterocycles. The summed E-state index contributed by atoms with van der Waals surface area (Å²) >= 11 is 0. The van der Waals surface area contributed by atoms with Gasteiger partial charge in [-0.1, -0.05) is 43.3 Å². The van der Waals surface area contributed by atoms with E-state index in [0.29, 0.717) is 36.8 Å². The van der Waals surface area contributed by atoms with Gasteiger partial charge in [0.25, 0.3) is 5.91 Å². The third kappa shape index (κ3) is 5.60. The van der Waals surface area contributed by atoms with Crippen molar-refractivity contribution in [1.29, 1.82) is 0 Å². The van der Waals surface area contributed by atoms with Gasteiger partial charge in [0.15, 0.2) is 0 Å². The highest BCUT2D eigenvalue weighted by atomic mass is 19.1. The van der Waals surface area contributed by atoms with Crippen LogP contribution in [0.25, 0.3) is 5.69 Å². The number of carbonyl (C=O) groups is 1. The third-order valence-electron chi connectivity index (χ3n) is 6.55. The van der Waals surface area contributed by atoms with E-state index in [4.69, 9.17) is 14.6 Å². The second-order valence-corrected chi connectivity index (χ2v) is 9.19. The van der Waals surface area contributed by atoms with E-state index in [2.05, 4.69) is 0 Å². The highest BCUT2D eigenvalue weighted by Crippen LogP contribution is 2.33. The van der Waals surface area contributed by atoms with Gasteiger partial charge >= 0.3 is 0 Å². The normalized spacial score (nSPS) is 15.0. The zero-order valence-electron chi connectivity index (χ0n) is 21.1. The fourth-order valence-electron chi connectivity index (χ4n) is 4.66. The van der Waals surface area contributed by atoms with Crippen LogP contribution in [0.5, 0.6) is 11.6 Å². The Balaban J connectivity index is 1.59. The monoisotopic (exact) mass is 517 g/mol. The Hall–Kier alpha value is -4.04. The predicted octanol–water partition coefficient (Wildman–Crippen LogP) is 6.33. The predicted molar refractivity (Wildman–Crippen MR) is 140 cm³/mol. The molecule has 1 fully saturated rings. The maximum Gasteiger partial charge on any atom is 0.257 e. The van der Waals surface area contributed by atoms with E-state index < -0.39 is 17.5 Å². The standard InChI is InChI=1S/C30H29F2N3O3/c1-2-28-26(20-34(19-24-14-9-17-37-24)29(36)25-15-6-7-16-27(25)32)30(38-23-13-8-10-21(31)18-23)35(33-28)22-11-4-3-5-12-22/h3-8,10-13,15-16,18,24H,2,9,14,17,19-20H2,1H3/t24-/m1/s1. The van der Waals surface area contributed by atoms with E-state index in [0.717, 1.165) is 24.2 Å². The Morgan fingerprint density at radius 2 is 1.87 bits per heavy atom. The van der Waals surface area contributed by atoms with Crippen molar-refractivity contribution >= 4 is 5.91 Å². The van der Waals surface area contributed by atoms with Crippen molar-refractivity contribution in [2.45, 2.75) is 38.8 Å². The summed E-state index contributed by atoms with van der Waals surface area (Å²) in [5.41, 5.74) is 2.14. The highest BCUT2D eigenvalue weighted by molar-refractivity contribution is 5.94. The summed E-state index contributed by atoms with van der Waals surface area (Å²) in [6.07, 6.45) is 2.15. The van der Waals surface area contributed by atoms with Crippen molar-refractivity contribution in [2.75, 3.05) is 13.2 Å². The molecule has 6 nitrogen and oxygen atoms in total. The van der Waals surface area contributed by atoms with Crippen molar-refractivity contribution in [1.82, 2.24) is 14.7 Å². The largest absolute Gasteiger partial charge is 0.438 e. The number of nitrogens with zero attached hydrogens (tertiary/aromatic N) is 3. The van der Waals surface area contributed by atoms with Crippen molar-refractivity contribution in [3.05, 3.63) is 107 Å². The van der Waals surface area contributed by atoms with Crippen LogP contribution in [0, 0.1) is 11.6 Å². The van der Waals surface area contributed by atoms with Crippen molar-refractivity contribution in [3.8, 4) is 17.3 Å². The molecule has 1 saturated heterocycles. The van der Waals surface area contributed by atoms with Gasteiger partial charge in [0.05, 0.1) is 35.2 Å². The summed E-state index contributed by atoms with van der Waals surface area (Å²) in [6.45, 7) is 3.02. The Bertz CT molecular complexity index is 1400. The van der Waals surface area contributed by atoms with Crippen LogP contribution in [0.1, 0.15) is 41.4 Å². The number of hydrogen-bond donors (Lipinski definition) is 0. The molecule has 0 N–H and O–H groups in total. The molecule has 8 heteroatoms. The minimum Gasteiger partial charge on any atom is -0.438 e. The first-order chi connectivity index (χ1) is 18.5. The number of carbonyl (C=O) groups excluding carboxylic acids is 1. The highest BCUT2D eigenvalue weighted by Gasteiger charge is 2.29. The van der Waals surface area contributed by atoms with Crippen LogP contribution in [0.4, 0.5) is 8.78 Å². The maximum absolute atomic E-state index is 14.7. The van der Waals surface area contributed by atoms with E-state index in [9.17, 15) is 13.6 Å². The average Bonchev–Trinajstić information content (AvgIpc) is 3.57.